The van der Waals surface area contributed by atoms with Crippen LogP contribution in [0.2, 0.25) is 0 Å². The average Bonchev–Trinajstić information content (AvgIpc) is 2.86. The van der Waals surface area contributed by atoms with Crippen LogP contribution in [0.15, 0.2) is 48.6 Å². The van der Waals surface area contributed by atoms with Crippen molar-refractivity contribution >= 4 is 11.8 Å². The number of hydrogen-bond acceptors (Lipinski definition) is 4. The van der Waals surface area contributed by atoms with E-state index in [0.717, 1.165) is 5.56 Å². The van der Waals surface area contributed by atoms with Crippen LogP contribution in [-0.4, -0.2) is 17.9 Å². The van der Waals surface area contributed by atoms with Crippen LogP contribution in [0.3, 0.4) is 0 Å². The third kappa shape index (κ3) is 2.67. The van der Waals surface area contributed by atoms with Gasteiger partial charge < -0.3 is 4.74 Å². The van der Waals surface area contributed by atoms with Crippen LogP contribution in [0.4, 0.5) is 0 Å². The van der Waals surface area contributed by atoms with Gasteiger partial charge in [0.05, 0.1) is 17.6 Å². The van der Waals surface area contributed by atoms with Gasteiger partial charge in [-0.2, -0.15) is 5.26 Å². The molecular weight excluding hydrogens is 254 g/mol. The van der Waals surface area contributed by atoms with Gasteiger partial charge in [-0.15, -0.1) is 0 Å². The van der Waals surface area contributed by atoms with Crippen molar-refractivity contribution in [3.8, 4) is 6.07 Å². The number of nitrogens with zero attached hydrogens (tertiary/aromatic N) is 1. The summed E-state index contributed by atoms with van der Waals surface area (Å²) in [5.74, 6) is -1.01. The van der Waals surface area contributed by atoms with E-state index in [1.165, 1.54) is 13.0 Å². The summed E-state index contributed by atoms with van der Waals surface area (Å²) in [6.45, 7) is 5.23. The summed E-state index contributed by atoms with van der Waals surface area (Å²) in [4.78, 5) is 22.8. The number of nitriles is 1. The van der Waals surface area contributed by atoms with Gasteiger partial charge in [-0.3, -0.25) is 4.79 Å². The van der Waals surface area contributed by atoms with E-state index in [1.807, 2.05) is 6.07 Å². The molecule has 0 aliphatic carbocycles. The zero-order valence-corrected chi connectivity index (χ0v) is 11.0. The Labute approximate surface area is 117 Å². The number of rotatable bonds is 4. The highest BCUT2D eigenvalue weighted by Crippen LogP contribution is 2.32. The molecule has 0 radical (unpaired) electrons. The first-order valence-corrected chi connectivity index (χ1v) is 6.11. The lowest BCUT2D eigenvalue weighted by Gasteiger charge is -2.23. The Morgan fingerprint density at radius 3 is 2.50 bits per heavy atom. The molecule has 4 nitrogen and oxygen atoms in total. The third-order valence-electron chi connectivity index (χ3n) is 3.23. The van der Waals surface area contributed by atoms with E-state index < -0.39 is 18.0 Å². The first-order chi connectivity index (χ1) is 9.52. The van der Waals surface area contributed by atoms with E-state index in [-0.39, 0.29) is 5.78 Å². The molecular formula is C16H13NO3. The molecule has 1 aliphatic heterocycles. The van der Waals surface area contributed by atoms with Crippen LogP contribution in [0, 0.1) is 11.3 Å². The molecule has 0 saturated heterocycles. The number of ether oxygens (including phenoxy) is 1. The molecule has 1 aromatic carbocycles. The molecule has 2 rings (SSSR count). The first kappa shape index (κ1) is 13.8. The second-order valence-corrected chi connectivity index (χ2v) is 4.55. The highest BCUT2D eigenvalue weighted by Gasteiger charge is 2.31. The SMILES string of the molecule is C=C(C(C)=O)[C@@H](c1ccc(C#N)cc1)[C@@H]1C=CC(=O)O1. The normalized spacial score (nSPS) is 18.2. The molecule has 2 atom stereocenters. The second-order valence-electron chi connectivity index (χ2n) is 4.55. The molecule has 0 bridgehead atoms. The molecule has 1 aliphatic rings. The van der Waals surface area contributed by atoms with E-state index in [2.05, 4.69) is 6.58 Å². The Morgan fingerprint density at radius 1 is 1.40 bits per heavy atom. The van der Waals surface area contributed by atoms with Crippen molar-refractivity contribution in [2.24, 2.45) is 0 Å². The van der Waals surface area contributed by atoms with Gasteiger partial charge in [-0.25, -0.2) is 4.79 Å². The van der Waals surface area contributed by atoms with Crippen molar-refractivity contribution in [1.82, 2.24) is 0 Å². The van der Waals surface area contributed by atoms with E-state index in [0.29, 0.717) is 11.1 Å². The number of esters is 1. The molecule has 0 N–H and O–H groups in total. The van der Waals surface area contributed by atoms with Gasteiger partial charge in [0.1, 0.15) is 6.10 Å². The van der Waals surface area contributed by atoms with E-state index in [9.17, 15) is 9.59 Å². The largest absolute Gasteiger partial charge is 0.454 e. The van der Waals surface area contributed by atoms with Gasteiger partial charge in [0.25, 0.3) is 0 Å². The average molecular weight is 267 g/mol. The molecule has 0 unspecified atom stereocenters. The van der Waals surface area contributed by atoms with Crippen molar-refractivity contribution in [3.05, 3.63) is 59.7 Å². The Hall–Kier alpha value is -2.67. The molecule has 4 heteroatoms. The number of hydrogen-bond donors (Lipinski definition) is 0. The monoisotopic (exact) mass is 267 g/mol. The smallest absolute Gasteiger partial charge is 0.331 e. The van der Waals surface area contributed by atoms with Crippen LogP contribution in [0.25, 0.3) is 0 Å². The van der Waals surface area contributed by atoms with Gasteiger partial charge in [0, 0.05) is 6.08 Å². The standard InChI is InChI=1S/C16H13NO3/c1-10(11(2)18)16(14-7-8-15(19)20-14)13-5-3-12(9-17)4-6-13/h3-8,14,16H,1H2,2H3/t14-,16-/m0/s1. The number of carbonyl (C=O) groups is 2. The van der Waals surface area contributed by atoms with Gasteiger partial charge in [-0.1, -0.05) is 18.7 Å². The Kier molecular flexibility index (Phi) is 3.81. The highest BCUT2D eigenvalue weighted by atomic mass is 16.5. The molecule has 1 aromatic rings. The summed E-state index contributed by atoms with van der Waals surface area (Å²) in [7, 11) is 0. The van der Waals surface area contributed by atoms with Crippen LogP contribution in [0.1, 0.15) is 24.0 Å². The Balaban J connectivity index is 2.38. The number of benzene rings is 1. The zero-order chi connectivity index (χ0) is 14.7. The zero-order valence-electron chi connectivity index (χ0n) is 11.0. The fraction of sp³-hybridized carbons (Fsp3) is 0.188. The summed E-state index contributed by atoms with van der Waals surface area (Å²) in [6, 6.07) is 8.85. The van der Waals surface area contributed by atoms with Crippen molar-refractivity contribution < 1.29 is 14.3 Å². The lowest BCUT2D eigenvalue weighted by Crippen LogP contribution is -2.23. The first-order valence-electron chi connectivity index (χ1n) is 6.11. The van der Waals surface area contributed by atoms with Crippen LogP contribution < -0.4 is 0 Å². The molecule has 0 saturated carbocycles. The topological polar surface area (TPSA) is 67.2 Å². The lowest BCUT2D eigenvalue weighted by molar-refractivity contribution is -0.139. The lowest BCUT2D eigenvalue weighted by atomic mass is 9.85. The Bertz CT molecular complexity index is 635. The van der Waals surface area contributed by atoms with Crippen molar-refractivity contribution in [3.63, 3.8) is 0 Å². The van der Waals surface area contributed by atoms with Gasteiger partial charge in [-0.05, 0) is 36.3 Å². The summed E-state index contributed by atoms with van der Waals surface area (Å²) in [5.41, 5.74) is 1.69. The molecule has 0 aromatic heterocycles. The molecule has 20 heavy (non-hydrogen) atoms. The number of carbonyl (C=O) groups excluding carboxylic acids is 2. The van der Waals surface area contributed by atoms with Gasteiger partial charge in [0.15, 0.2) is 5.78 Å². The number of Topliss-reactive ketones (excluding diaryl/α,β-unsaturated/α-hetero) is 1. The van der Waals surface area contributed by atoms with Gasteiger partial charge >= 0.3 is 5.97 Å². The van der Waals surface area contributed by atoms with Crippen molar-refractivity contribution in [1.29, 1.82) is 5.26 Å². The molecule has 100 valence electrons. The van der Waals surface area contributed by atoms with E-state index >= 15 is 0 Å². The fourth-order valence-electron chi connectivity index (χ4n) is 2.14. The van der Waals surface area contributed by atoms with E-state index in [1.54, 1.807) is 30.3 Å². The summed E-state index contributed by atoms with van der Waals surface area (Å²) < 4.78 is 5.18. The Morgan fingerprint density at radius 2 is 2.05 bits per heavy atom. The van der Waals surface area contributed by atoms with Crippen molar-refractivity contribution in [2.75, 3.05) is 0 Å². The summed E-state index contributed by atoms with van der Waals surface area (Å²) >= 11 is 0. The predicted octanol–water partition coefficient (Wildman–Crippen LogP) is 2.27. The highest BCUT2D eigenvalue weighted by molar-refractivity contribution is 5.95. The molecule has 0 spiro atoms. The minimum absolute atomic E-state index is 0.157. The van der Waals surface area contributed by atoms with E-state index in [4.69, 9.17) is 10.00 Å². The minimum atomic E-state index is -0.535. The summed E-state index contributed by atoms with van der Waals surface area (Å²) in [5, 5.41) is 8.81. The van der Waals surface area contributed by atoms with Crippen molar-refractivity contribution in [2.45, 2.75) is 18.9 Å². The predicted molar refractivity (Wildman–Crippen MR) is 72.7 cm³/mol. The maximum atomic E-state index is 11.6. The maximum absolute atomic E-state index is 11.6. The van der Waals surface area contributed by atoms with Gasteiger partial charge in [0.2, 0.25) is 0 Å². The maximum Gasteiger partial charge on any atom is 0.331 e. The third-order valence-corrected chi connectivity index (χ3v) is 3.23. The molecule has 0 amide bonds. The quantitative estimate of drug-likeness (QED) is 0.620. The fourth-order valence-corrected chi connectivity index (χ4v) is 2.14. The number of ketones is 1. The van der Waals surface area contributed by atoms with Crippen LogP contribution in [-0.2, 0) is 14.3 Å². The molecule has 0 fully saturated rings. The minimum Gasteiger partial charge on any atom is -0.454 e. The molecule has 1 heterocycles. The van der Waals surface area contributed by atoms with Crippen LogP contribution >= 0.6 is 0 Å². The second kappa shape index (κ2) is 5.54. The van der Waals surface area contributed by atoms with Crippen LogP contribution in [0.5, 0.6) is 0 Å². The number of cyclic esters (lactones) is 1. The summed E-state index contributed by atoms with van der Waals surface area (Å²) in [6.07, 6.45) is 2.43.